The third-order valence-electron chi connectivity index (χ3n) is 8.14. The van der Waals surface area contributed by atoms with Gasteiger partial charge in [0.15, 0.2) is 5.96 Å². The van der Waals surface area contributed by atoms with Gasteiger partial charge in [-0.2, -0.15) is 4.98 Å². The molecule has 0 unspecified atom stereocenters. The lowest BCUT2D eigenvalue weighted by Gasteiger charge is -2.24. The highest BCUT2D eigenvalue weighted by Gasteiger charge is 2.19. The summed E-state index contributed by atoms with van der Waals surface area (Å²) < 4.78 is 1.58. The molecular weight excluding hydrogens is 588 g/mol. The Morgan fingerprint density at radius 1 is 0.979 bits per heavy atom. The van der Waals surface area contributed by atoms with E-state index in [1.54, 1.807) is 4.57 Å². The number of aliphatic imine (C=N–C) groups is 1. The van der Waals surface area contributed by atoms with Gasteiger partial charge in [-0.1, -0.05) is 65.8 Å². The molecule has 2 aromatic heterocycles. The summed E-state index contributed by atoms with van der Waals surface area (Å²) in [5, 5.41) is 13.8. The van der Waals surface area contributed by atoms with Gasteiger partial charge in [-0.3, -0.25) is 9.56 Å². The largest absolute Gasteiger partial charge is 0.392 e. The van der Waals surface area contributed by atoms with E-state index in [1.807, 2.05) is 30.5 Å². The van der Waals surface area contributed by atoms with Crippen LogP contribution >= 0.6 is 0 Å². The van der Waals surface area contributed by atoms with Crippen molar-refractivity contribution >= 4 is 17.0 Å². The Labute approximate surface area is 279 Å². The van der Waals surface area contributed by atoms with E-state index in [9.17, 15) is 9.90 Å². The minimum atomic E-state index is -0.301. The second-order valence-corrected chi connectivity index (χ2v) is 14.2. The number of benzene rings is 2. The third-order valence-corrected chi connectivity index (χ3v) is 8.14. The van der Waals surface area contributed by atoms with Gasteiger partial charge >= 0.3 is 5.69 Å². The van der Waals surface area contributed by atoms with Crippen LogP contribution in [-0.2, 0) is 30.4 Å². The van der Waals surface area contributed by atoms with E-state index < -0.39 is 0 Å². The topological polar surface area (TPSA) is 173 Å². The SMILES string of the molecule is CC(C)(C)c1cc2cn(-c3ccc(CNCCCN=C(N)N)cc3)c(=O)nc2[nH]1.Cc1c(CO)cc(CCCCN)cc1C(C)(C)C. The Bertz CT molecular complexity index is 1670. The summed E-state index contributed by atoms with van der Waals surface area (Å²) in [6, 6.07) is 14.4. The summed E-state index contributed by atoms with van der Waals surface area (Å²) >= 11 is 0. The smallest absolute Gasteiger partial charge is 0.354 e. The van der Waals surface area contributed by atoms with E-state index in [4.69, 9.17) is 17.2 Å². The minimum absolute atomic E-state index is 0.0352. The van der Waals surface area contributed by atoms with Crippen LogP contribution in [0.4, 0.5) is 0 Å². The Morgan fingerprint density at radius 3 is 2.28 bits per heavy atom. The first-order chi connectivity index (χ1) is 22.1. The Hall–Kier alpha value is -3.99. The molecule has 4 aromatic rings. The molecule has 10 nitrogen and oxygen atoms in total. The molecule has 0 aliphatic carbocycles. The van der Waals surface area contributed by atoms with E-state index in [0.717, 1.165) is 73.2 Å². The van der Waals surface area contributed by atoms with E-state index >= 15 is 0 Å². The van der Waals surface area contributed by atoms with Crippen molar-refractivity contribution in [2.75, 3.05) is 19.6 Å². The van der Waals surface area contributed by atoms with Crippen LogP contribution in [0.3, 0.4) is 0 Å². The van der Waals surface area contributed by atoms with Gasteiger partial charge in [0.05, 0.1) is 12.3 Å². The quantitative estimate of drug-likeness (QED) is 0.0728. The van der Waals surface area contributed by atoms with Gasteiger partial charge in [0.2, 0.25) is 0 Å². The van der Waals surface area contributed by atoms with Crippen LogP contribution in [0.1, 0.15) is 94.3 Å². The maximum Gasteiger partial charge on any atom is 0.354 e. The molecule has 0 aliphatic heterocycles. The predicted octanol–water partition coefficient (Wildman–Crippen LogP) is 4.83. The lowest BCUT2D eigenvalue weighted by atomic mass is 9.81. The summed E-state index contributed by atoms with van der Waals surface area (Å²) in [7, 11) is 0. The fourth-order valence-corrected chi connectivity index (χ4v) is 5.40. The van der Waals surface area contributed by atoms with Crippen molar-refractivity contribution in [2.45, 2.75) is 98.1 Å². The second-order valence-electron chi connectivity index (χ2n) is 14.2. The molecule has 0 amide bonds. The molecule has 9 N–H and O–H groups in total. The lowest BCUT2D eigenvalue weighted by Crippen LogP contribution is -2.23. The number of H-pyrrole nitrogens is 1. The summed E-state index contributed by atoms with van der Waals surface area (Å²) in [5.74, 6) is 0.123. The first kappa shape index (κ1) is 37.5. The number of hydrogen-bond acceptors (Lipinski definition) is 6. The molecule has 0 saturated carbocycles. The van der Waals surface area contributed by atoms with Gasteiger partial charge in [-0.15, -0.1) is 0 Å². The molecule has 0 aliphatic rings. The first-order valence-corrected chi connectivity index (χ1v) is 16.6. The molecule has 0 saturated heterocycles. The molecule has 10 heteroatoms. The number of rotatable bonds is 12. The highest BCUT2D eigenvalue weighted by molar-refractivity contribution is 5.76. The molecule has 0 bridgehead atoms. The van der Waals surface area contributed by atoms with Crippen molar-refractivity contribution in [3.63, 3.8) is 0 Å². The molecular formula is C37H56N8O2. The maximum atomic E-state index is 12.5. The average Bonchev–Trinajstić information content (AvgIpc) is 3.43. The fourth-order valence-electron chi connectivity index (χ4n) is 5.40. The molecule has 2 heterocycles. The maximum absolute atomic E-state index is 12.5. The zero-order valence-electron chi connectivity index (χ0n) is 29.4. The molecule has 256 valence electrons. The number of hydrogen-bond donors (Lipinski definition) is 6. The number of nitrogens with zero attached hydrogens (tertiary/aromatic N) is 3. The second kappa shape index (κ2) is 16.7. The number of guanidine groups is 1. The molecule has 0 fully saturated rings. The summed E-state index contributed by atoms with van der Waals surface area (Å²) in [6.07, 6.45) is 5.94. The van der Waals surface area contributed by atoms with Crippen molar-refractivity contribution in [1.82, 2.24) is 19.9 Å². The average molecular weight is 645 g/mol. The molecule has 2 aromatic carbocycles. The van der Waals surface area contributed by atoms with Crippen molar-refractivity contribution in [1.29, 1.82) is 0 Å². The number of fused-ring (bicyclic) bond motifs is 1. The van der Waals surface area contributed by atoms with Crippen LogP contribution in [0.2, 0.25) is 0 Å². The molecule has 0 radical (unpaired) electrons. The van der Waals surface area contributed by atoms with Crippen LogP contribution in [0.25, 0.3) is 16.7 Å². The summed E-state index contributed by atoms with van der Waals surface area (Å²) in [4.78, 5) is 23.9. The minimum Gasteiger partial charge on any atom is -0.392 e. The normalized spacial score (nSPS) is 11.8. The number of aliphatic hydroxyl groups is 1. The van der Waals surface area contributed by atoms with Crippen molar-refractivity contribution in [3.05, 3.63) is 92.7 Å². The Morgan fingerprint density at radius 2 is 1.68 bits per heavy atom. The number of unbranched alkanes of at least 4 members (excludes halogenated alkanes) is 1. The molecule has 0 spiro atoms. The van der Waals surface area contributed by atoms with Crippen LogP contribution in [0.5, 0.6) is 0 Å². The number of nitrogens with two attached hydrogens (primary N) is 3. The van der Waals surface area contributed by atoms with Gasteiger partial charge < -0.3 is 32.6 Å². The number of aliphatic hydroxyl groups excluding tert-OH is 1. The number of aromatic amines is 1. The van der Waals surface area contributed by atoms with E-state index in [0.29, 0.717) is 12.2 Å². The highest BCUT2D eigenvalue weighted by atomic mass is 16.3. The predicted molar refractivity (Wildman–Crippen MR) is 195 cm³/mol. The fraction of sp³-hybridized carbons (Fsp3) is 0.486. The van der Waals surface area contributed by atoms with Gasteiger partial charge in [0, 0.05) is 35.8 Å². The molecule has 0 atom stereocenters. The van der Waals surface area contributed by atoms with Crippen molar-refractivity contribution in [3.8, 4) is 5.69 Å². The van der Waals surface area contributed by atoms with Crippen molar-refractivity contribution in [2.24, 2.45) is 22.2 Å². The zero-order chi connectivity index (χ0) is 34.8. The Kier molecular flexibility index (Phi) is 13.3. The van der Waals surface area contributed by atoms with Gasteiger partial charge in [-0.05, 0) is 97.1 Å². The standard InChI is InChI=1S/C21H29N7O.C16H27NO/c1-21(2,3)17-11-15-13-28(20(29)27-18(15)26-17)16-7-5-14(6-8-16)12-24-9-4-10-25-19(22)23;1-12-14(11-18)9-13(7-5-6-8-17)10-15(12)16(2,3)4/h5-8,11,13,24H,4,9-10,12H2,1-3H3,(H4,22,23,25)(H,26,27,29);9-10,18H,5-8,11,17H2,1-4H3. The van der Waals surface area contributed by atoms with Gasteiger partial charge in [0.25, 0.3) is 0 Å². The highest BCUT2D eigenvalue weighted by Crippen LogP contribution is 2.30. The van der Waals surface area contributed by atoms with Gasteiger partial charge in [0.1, 0.15) is 5.65 Å². The first-order valence-electron chi connectivity index (χ1n) is 16.6. The number of aryl methyl sites for hydroxylation is 1. The lowest BCUT2D eigenvalue weighted by molar-refractivity contribution is 0.280. The zero-order valence-corrected chi connectivity index (χ0v) is 29.4. The van der Waals surface area contributed by atoms with Crippen LogP contribution in [0, 0.1) is 6.92 Å². The third kappa shape index (κ3) is 11.1. The van der Waals surface area contributed by atoms with E-state index in [-0.39, 0.29) is 29.1 Å². The molecule has 47 heavy (non-hydrogen) atoms. The van der Waals surface area contributed by atoms with E-state index in [2.05, 4.69) is 86.9 Å². The Balaban J connectivity index is 0.000000287. The van der Waals surface area contributed by atoms with Crippen LogP contribution < -0.4 is 28.2 Å². The monoisotopic (exact) mass is 644 g/mol. The van der Waals surface area contributed by atoms with Crippen LogP contribution in [0.15, 0.2) is 58.4 Å². The van der Waals surface area contributed by atoms with Gasteiger partial charge in [-0.25, -0.2) is 4.79 Å². The molecule has 4 rings (SSSR count). The summed E-state index contributed by atoms with van der Waals surface area (Å²) in [5.41, 5.74) is 24.5. The van der Waals surface area contributed by atoms with E-state index in [1.165, 1.54) is 16.7 Å². The number of aromatic nitrogens is 3. The van der Waals surface area contributed by atoms with Crippen molar-refractivity contribution < 1.29 is 5.11 Å². The summed E-state index contributed by atoms with van der Waals surface area (Å²) in [6.45, 7) is 18.2. The number of nitrogens with one attached hydrogen (secondary N) is 2. The van der Waals surface area contributed by atoms with Crippen LogP contribution in [-0.4, -0.2) is 45.2 Å².